The molecule has 0 aliphatic carbocycles. The highest BCUT2D eigenvalue weighted by molar-refractivity contribution is 9.10. The van der Waals surface area contributed by atoms with Crippen LogP contribution in [0.5, 0.6) is 0 Å². The topological polar surface area (TPSA) is 17.8 Å². The van der Waals surface area contributed by atoms with Crippen LogP contribution < -0.4 is 0 Å². The maximum Gasteiger partial charge on any atom is 0.0632 e. The van der Waals surface area contributed by atoms with Crippen molar-refractivity contribution in [2.24, 2.45) is 0 Å². The molecule has 0 atom stereocenters. The molecule has 10 heavy (non-hydrogen) atoms. The number of aromatic nitrogens is 2. The Morgan fingerprint density at radius 3 is 3.00 bits per heavy atom. The zero-order chi connectivity index (χ0) is 7.40. The number of aryl methyl sites for hydroxylation is 1. The van der Waals surface area contributed by atoms with Gasteiger partial charge in [-0.3, -0.25) is 4.68 Å². The lowest BCUT2D eigenvalue weighted by molar-refractivity contribution is 0.605. The fourth-order valence-electron chi connectivity index (χ4n) is 0.682. The van der Waals surface area contributed by atoms with Crippen LogP contribution in [-0.4, -0.2) is 15.7 Å². The smallest absolute Gasteiger partial charge is 0.0632 e. The Morgan fingerprint density at radius 2 is 2.50 bits per heavy atom. The van der Waals surface area contributed by atoms with Gasteiger partial charge in [-0.25, -0.2) is 0 Å². The molecular weight excluding hydrogens is 215 g/mol. The monoisotopic (exact) mass is 222 g/mol. The first-order valence-corrected chi connectivity index (χ1v) is 4.39. The summed E-state index contributed by atoms with van der Waals surface area (Å²) in [4.78, 5) is 0. The molecule has 0 fully saturated rings. The van der Waals surface area contributed by atoms with Crippen molar-refractivity contribution in [3.05, 3.63) is 16.9 Å². The summed E-state index contributed by atoms with van der Waals surface area (Å²) >= 11 is 8.81. The summed E-state index contributed by atoms with van der Waals surface area (Å²) in [5, 5.41) is 4.06. The second kappa shape index (κ2) is 3.98. The van der Waals surface area contributed by atoms with E-state index in [2.05, 4.69) is 21.0 Å². The molecule has 0 aliphatic heterocycles. The highest BCUT2D eigenvalue weighted by Crippen LogP contribution is 2.06. The van der Waals surface area contributed by atoms with Crippen molar-refractivity contribution in [1.82, 2.24) is 9.78 Å². The zero-order valence-electron chi connectivity index (χ0n) is 5.43. The molecule has 1 aromatic rings. The quantitative estimate of drug-likeness (QED) is 0.719. The van der Waals surface area contributed by atoms with E-state index in [0.29, 0.717) is 5.88 Å². The van der Waals surface area contributed by atoms with Crippen LogP contribution in [0.2, 0.25) is 0 Å². The summed E-state index contributed by atoms with van der Waals surface area (Å²) in [6.07, 6.45) is 4.68. The summed E-state index contributed by atoms with van der Waals surface area (Å²) in [5.74, 6) is 0.692. The van der Waals surface area contributed by atoms with Crippen LogP contribution in [0, 0.1) is 0 Å². The maximum absolute atomic E-state index is 5.51. The fourth-order valence-corrected chi connectivity index (χ4v) is 1.13. The highest BCUT2D eigenvalue weighted by atomic mass is 79.9. The molecule has 0 saturated carbocycles. The molecule has 0 radical (unpaired) electrons. The zero-order valence-corrected chi connectivity index (χ0v) is 7.77. The lowest BCUT2D eigenvalue weighted by Gasteiger charge is -1.95. The van der Waals surface area contributed by atoms with Crippen molar-refractivity contribution in [2.75, 3.05) is 5.88 Å². The SMILES string of the molecule is ClCCCn1cc(Br)cn1. The van der Waals surface area contributed by atoms with Gasteiger partial charge >= 0.3 is 0 Å². The van der Waals surface area contributed by atoms with Gasteiger partial charge in [-0.1, -0.05) is 0 Å². The van der Waals surface area contributed by atoms with E-state index < -0.39 is 0 Å². The molecular formula is C6H8BrClN2. The first-order valence-electron chi connectivity index (χ1n) is 3.07. The van der Waals surface area contributed by atoms with Gasteiger partial charge in [0.25, 0.3) is 0 Å². The molecule has 4 heteroatoms. The van der Waals surface area contributed by atoms with Crippen LogP contribution in [0.4, 0.5) is 0 Å². The minimum atomic E-state index is 0.692. The Morgan fingerprint density at radius 1 is 1.70 bits per heavy atom. The number of rotatable bonds is 3. The van der Waals surface area contributed by atoms with Gasteiger partial charge in [-0.05, 0) is 22.4 Å². The molecule has 0 bridgehead atoms. The molecule has 1 rings (SSSR count). The van der Waals surface area contributed by atoms with Gasteiger partial charge in [0.2, 0.25) is 0 Å². The third-order valence-corrected chi connectivity index (χ3v) is 1.80. The molecule has 0 aromatic carbocycles. The van der Waals surface area contributed by atoms with Crippen molar-refractivity contribution >= 4 is 27.5 Å². The third kappa shape index (κ3) is 2.31. The largest absolute Gasteiger partial charge is 0.272 e. The molecule has 56 valence electrons. The molecule has 1 heterocycles. The molecule has 0 saturated heterocycles. The standard InChI is InChI=1S/C6H8BrClN2/c7-6-4-9-10(5-6)3-1-2-8/h4-5H,1-3H2. The Balaban J connectivity index is 2.42. The average Bonchev–Trinajstić information content (AvgIpc) is 2.31. The van der Waals surface area contributed by atoms with Crippen molar-refractivity contribution in [3.8, 4) is 0 Å². The van der Waals surface area contributed by atoms with Crippen molar-refractivity contribution in [3.63, 3.8) is 0 Å². The van der Waals surface area contributed by atoms with Crippen molar-refractivity contribution in [1.29, 1.82) is 0 Å². The second-order valence-corrected chi connectivity index (χ2v) is 3.26. The van der Waals surface area contributed by atoms with Crippen LogP contribution in [-0.2, 0) is 6.54 Å². The van der Waals surface area contributed by atoms with Gasteiger partial charge in [-0.2, -0.15) is 5.10 Å². The summed E-state index contributed by atoms with van der Waals surface area (Å²) in [5.41, 5.74) is 0. The van der Waals surface area contributed by atoms with Gasteiger partial charge in [0.1, 0.15) is 0 Å². The summed E-state index contributed by atoms with van der Waals surface area (Å²) in [6, 6.07) is 0. The number of hydrogen-bond acceptors (Lipinski definition) is 1. The fraction of sp³-hybridized carbons (Fsp3) is 0.500. The predicted molar refractivity (Wildman–Crippen MR) is 45.3 cm³/mol. The van der Waals surface area contributed by atoms with Gasteiger partial charge in [-0.15, -0.1) is 11.6 Å². The normalized spacial score (nSPS) is 10.2. The Labute approximate surface area is 73.3 Å². The molecule has 0 unspecified atom stereocenters. The minimum absolute atomic E-state index is 0.692. The van der Waals surface area contributed by atoms with Crippen LogP contribution in [0.25, 0.3) is 0 Å². The van der Waals surface area contributed by atoms with E-state index in [1.807, 2.05) is 10.9 Å². The number of nitrogens with zero attached hydrogens (tertiary/aromatic N) is 2. The Bertz CT molecular complexity index is 199. The molecule has 0 spiro atoms. The van der Waals surface area contributed by atoms with E-state index in [-0.39, 0.29) is 0 Å². The second-order valence-electron chi connectivity index (χ2n) is 1.96. The van der Waals surface area contributed by atoms with Gasteiger partial charge < -0.3 is 0 Å². The van der Waals surface area contributed by atoms with E-state index in [0.717, 1.165) is 17.4 Å². The number of halogens is 2. The first kappa shape index (κ1) is 8.08. The van der Waals surface area contributed by atoms with Crippen molar-refractivity contribution < 1.29 is 0 Å². The molecule has 1 aromatic heterocycles. The molecule has 2 nitrogen and oxygen atoms in total. The van der Waals surface area contributed by atoms with Crippen LogP contribution >= 0.6 is 27.5 Å². The van der Waals surface area contributed by atoms with Crippen LogP contribution in [0.3, 0.4) is 0 Å². The summed E-state index contributed by atoms with van der Waals surface area (Å²) in [7, 11) is 0. The third-order valence-electron chi connectivity index (χ3n) is 1.12. The lowest BCUT2D eigenvalue weighted by atomic mass is 10.5. The predicted octanol–water partition coefficient (Wildman–Crippen LogP) is 2.27. The Kier molecular flexibility index (Phi) is 3.22. The Hall–Kier alpha value is -0.0200. The average molecular weight is 224 g/mol. The first-order chi connectivity index (χ1) is 4.83. The van der Waals surface area contributed by atoms with E-state index in [4.69, 9.17) is 11.6 Å². The maximum atomic E-state index is 5.51. The van der Waals surface area contributed by atoms with Gasteiger partial charge in [0, 0.05) is 18.6 Å². The van der Waals surface area contributed by atoms with E-state index in [1.54, 1.807) is 6.20 Å². The molecule has 0 amide bonds. The van der Waals surface area contributed by atoms with E-state index in [9.17, 15) is 0 Å². The van der Waals surface area contributed by atoms with Crippen molar-refractivity contribution in [2.45, 2.75) is 13.0 Å². The lowest BCUT2D eigenvalue weighted by Crippen LogP contribution is -1.97. The number of alkyl halides is 1. The highest BCUT2D eigenvalue weighted by Gasteiger charge is 1.92. The van der Waals surface area contributed by atoms with E-state index in [1.165, 1.54) is 0 Å². The molecule has 0 aliphatic rings. The summed E-state index contributed by atoms with van der Waals surface area (Å²) < 4.78 is 2.88. The van der Waals surface area contributed by atoms with Crippen LogP contribution in [0.15, 0.2) is 16.9 Å². The van der Waals surface area contributed by atoms with Crippen LogP contribution in [0.1, 0.15) is 6.42 Å². The number of hydrogen-bond donors (Lipinski definition) is 0. The summed E-state index contributed by atoms with van der Waals surface area (Å²) in [6.45, 7) is 0.898. The van der Waals surface area contributed by atoms with E-state index >= 15 is 0 Å². The van der Waals surface area contributed by atoms with Gasteiger partial charge in [0.05, 0.1) is 10.7 Å². The minimum Gasteiger partial charge on any atom is -0.272 e. The van der Waals surface area contributed by atoms with Gasteiger partial charge in [0.15, 0.2) is 0 Å². The molecule has 0 N–H and O–H groups in total.